The molecule has 0 aliphatic rings. The lowest BCUT2D eigenvalue weighted by atomic mass is 10.1. The van der Waals surface area contributed by atoms with E-state index in [1.54, 1.807) is 11.8 Å². The van der Waals surface area contributed by atoms with Crippen LogP contribution in [0.25, 0.3) is 24.3 Å². The summed E-state index contributed by atoms with van der Waals surface area (Å²) < 4.78 is 0. The quantitative estimate of drug-likeness (QED) is 0.243. The van der Waals surface area contributed by atoms with Gasteiger partial charge in [0.15, 0.2) is 0 Å². The van der Waals surface area contributed by atoms with E-state index in [2.05, 4.69) is 135 Å². The first kappa shape index (κ1) is 22.9. The Bertz CT molecular complexity index is 1090. The topological polar surface area (TPSA) is 0 Å². The highest BCUT2D eigenvalue weighted by Gasteiger charge is 1.98. The van der Waals surface area contributed by atoms with Crippen molar-refractivity contribution in [1.82, 2.24) is 0 Å². The van der Waals surface area contributed by atoms with Gasteiger partial charge in [-0.2, -0.15) is 0 Å². The smallest absolute Gasteiger partial charge is 0.0122 e. The molecule has 0 fully saturated rings. The molecule has 1 heteroatoms. The first-order chi connectivity index (χ1) is 16.2. The Morgan fingerprint density at radius 3 is 0.970 bits per heavy atom. The Morgan fingerprint density at radius 2 is 0.697 bits per heavy atom. The summed E-state index contributed by atoms with van der Waals surface area (Å²) >= 11 is 1.79. The first-order valence-electron chi connectivity index (χ1n) is 11.6. The molecule has 0 spiro atoms. The Balaban J connectivity index is 1.33. The van der Waals surface area contributed by atoms with E-state index in [9.17, 15) is 0 Å². The molecule has 164 valence electrons. The molecular formula is C32H30S. The summed E-state index contributed by atoms with van der Waals surface area (Å²) in [6, 6.07) is 35.0. The molecule has 0 bridgehead atoms. The van der Waals surface area contributed by atoms with E-state index in [1.807, 2.05) is 0 Å². The SMILES string of the molecule is CCc1ccc(/C=C/c2ccc(Sc3ccc(/C=C/c4ccc(CC)cc4)cc3)cc2)cc1. The van der Waals surface area contributed by atoms with Gasteiger partial charge in [-0.25, -0.2) is 0 Å². The summed E-state index contributed by atoms with van der Waals surface area (Å²) in [5.41, 5.74) is 7.65. The normalized spacial score (nSPS) is 11.5. The molecule has 0 unspecified atom stereocenters. The van der Waals surface area contributed by atoms with Crippen LogP contribution in [0, 0.1) is 0 Å². The molecule has 4 aromatic rings. The van der Waals surface area contributed by atoms with Gasteiger partial charge in [-0.05, 0) is 70.5 Å². The van der Waals surface area contributed by atoms with Gasteiger partial charge in [0.25, 0.3) is 0 Å². The third-order valence-corrected chi connectivity index (χ3v) is 6.72. The third-order valence-electron chi connectivity index (χ3n) is 5.71. The van der Waals surface area contributed by atoms with Gasteiger partial charge in [-0.3, -0.25) is 0 Å². The zero-order valence-corrected chi connectivity index (χ0v) is 20.2. The minimum Gasteiger partial charge on any atom is -0.0901 e. The Morgan fingerprint density at radius 1 is 0.424 bits per heavy atom. The van der Waals surface area contributed by atoms with Crippen molar-refractivity contribution in [3.63, 3.8) is 0 Å². The summed E-state index contributed by atoms with van der Waals surface area (Å²) in [6.45, 7) is 4.37. The lowest BCUT2D eigenvalue weighted by Gasteiger charge is -2.03. The minimum absolute atomic E-state index is 1.08. The molecule has 0 amide bonds. The second kappa shape index (κ2) is 11.5. The molecule has 0 atom stereocenters. The average Bonchev–Trinajstić information content (AvgIpc) is 2.88. The molecule has 33 heavy (non-hydrogen) atoms. The summed E-state index contributed by atoms with van der Waals surface area (Å²) in [5, 5.41) is 0. The maximum atomic E-state index is 2.20. The second-order valence-corrected chi connectivity index (χ2v) is 9.24. The van der Waals surface area contributed by atoms with Gasteiger partial charge < -0.3 is 0 Å². The van der Waals surface area contributed by atoms with Crippen LogP contribution in [-0.4, -0.2) is 0 Å². The molecule has 4 aromatic carbocycles. The number of hydrogen-bond acceptors (Lipinski definition) is 1. The van der Waals surface area contributed by atoms with E-state index >= 15 is 0 Å². The largest absolute Gasteiger partial charge is 0.0901 e. The van der Waals surface area contributed by atoms with Crippen LogP contribution in [0.4, 0.5) is 0 Å². The monoisotopic (exact) mass is 446 g/mol. The summed E-state index contributed by atoms with van der Waals surface area (Å²) in [4.78, 5) is 2.50. The van der Waals surface area contributed by atoms with Crippen molar-refractivity contribution in [3.05, 3.63) is 130 Å². The van der Waals surface area contributed by atoms with Crippen molar-refractivity contribution in [2.45, 2.75) is 36.5 Å². The van der Waals surface area contributed by atoms with E-state index in [0.717, 1.165) is 12.8 Å². The molecule has 0 aromatic heterocycles. The second-order valence-electron chi connectivity index (χ2n) is 8.10. The molecule has 0 heterocycles. The zero-order chi connectivity index (χ0) is 22.9. The summed E-state index contributed by atoms with van der Waals surface area (Å²) in [7, 11) is 0. The lowest BCUT2D eigenvalue weighted by Crippen LogP contribution is -1.80. The summed E-state index contributed by atoms with van der Waals surface area (Å²) in [5.74, 6) is 0. The fourth-order valence-electron chi connectivity index (χ4n) is 3.54. The Hall–Kier alpha value is -3.29. The first-order valence-corrected chi connectivity index (χ1v) is 12.5. The van der Waals surface area contributed by atoms with Crippen LogP contribution >= 0.6 is 11.8 Å². The molecule has 0 nitrogen and oxygen atoms in total. The van der Waals surface area contributed by atoms with Gasteiger partial charge >= 0.3 is 0 Å². The van der Waals surface area contributed by atoms with Crippen LogP contribution in [0.5, 0.6) is 0 Å². The van der Waals surface area contributed by atoms with E-state index in [1.165, 1.54) is 43.2 Å². The highest BCUT2D eigenvalue weighted by atomic mass is 32.2. The maximum Gasteiger partial charge on any atom is 0.0122 e. The third kappa shape index (κ3) is 6.84. The fraction of sp³-hybridized carbons (Fsp3) is 0.125. The van der Waals surface area contributed by atoms with Gasteiger partial charge in [0.2, 0.25) is 0 Å². The minimum atomic E-state index is 1.08. The molecule has 0 N–H and O–H groups in total. The highest BCUT2D eigenvalue weighted by molar-refractivity contribution is 7.99. The molecule has 0 radical (unpaired) electrons. The number of aryl methyl sites for hydroxylation is 2. The fourth-order valence-corrected chi connectivity index (χ4v) is 4.36. The number of hydrogen-bond donors (Lipinski definition) is 0. The van der Waals surface area contributed by atoms with Crippen molar-refractivity contribution in [1.29, 1.82) is 0 Å². The van der Waals surface area contributed by atoms with Crippen molar-refractivity contribution in [3.8, 4) is 0 Å². The Kier molecular flexibility index (Phi) is 8.00. The molecule has 0 aliphatic carbocycles. The molecule has 0 aliphatic heterocycles. The predicted molar refractivity (Wildman–Crippen MR) is 147 cm³/mol. The highest BCUT2D eigenvalue weighted by Crippen LogP contribution is 2.28. The molecule has 4 rings (SSSR count). The van der Waals surface area contributed by atoms with Crippen molar-refractivity contribution >= 4 is 36.1 Å². The van der Waals surface area contributed by atoms with E-state index < -0.39 is 0 Å². The van der Waals surface area contributed by atoms with E-state index in [4.69, 9.17) is 0 Å². The van der Waals surface area contributed by atoms with Gasteiger partial charge in [-0.1, -0.05) is 123 Å². The van der Waals surface area contributed by atoms with E-state index in [0.29, 0.717) is 0 Å². The van der Waals surface area contributed by atoms with Crippen LogP contribution in [0.1, 0.15) is 47.2 Å². The van der Waals surface area contributed by atoms with Crippen LogP contribution in [0.15, 0.2) is 107 Å². The summed E-state index contributed by atoms with van der Waals surface area (Å²) in [6.07, 6.45) is 10.8. The molecular weight excluding hydrogens is 416 g/mol. The average molecular weight is 447 g/mol. The van der Waals surface area contributed by atoms with Gasteiger partial charge in [-0.15, -0.1) is 0 Å². The zero-order valence-electron chi connectivity index (χ0n) is 19.4. The van der Waals surface area contributed by atoms with Gasteiger partial charge in [0, 0.05) is 9.79 Å². The van der Waals surface area contributed by atoms with Crippen molar-refractivity contribution in [2.75, 3.05) is 0 Å². The maximum absolute atomic E-state index is 2.20. The van der Waals surface area contributed by atoms with Gasteiger partial charge in [0.05, 0.1) is 0 Å². The predicted octanol–water partition coefficient (Wildman–Crippen LogP) is 9.30. The van der Waals surface area contributed by atoms with Crippen LogP contribution in [0.2, 0.25) is 0 Å². The Labute approximate surface area is 202 Å². The van der Waals surface area contributed by atoms with Crippen LogP contribution in [0.3, 0.4) is 0 Å². The number of benzene rings is 4. The number of rotatable bonds is 8. The van der Waals surface area contributed by atoms with Crippen LogP contribution < -0.4 is 0 Å². The standard InChI is InChI=1S/C32H30S/c1-3-25-5-9-27(10-6-25)13-15-29-17-21-31(22-18-29)33-32-23-19-30(20-24-32)16-14-28-11-7-26(4-2)8-12-28/h5-24H,3-4H2,1-2H3/b15-13+,16-14+. The molecule has 0 saturated heterocycles. The van der Waals surface area contributed by atoms with Gasteiger partial charge in [0.1, 0.15) is 0 Å². The van der Waals surface area contributed by atoms with Crippen molar-refractivity contribution in [2.24, 2.45) is 0 Å². The lowest BCUT2D eigenvalue weighted by molar-refractivity contribution is 1.14. The van der Waals surface area contributed by atoms with E-state index in [-0.39, 0.29) is 0 Å². The molecule has 0 saturated carbocycles. The van der Waals surface area contributed by atoms with Crippen LogP contribution in [-0.2, 0) is 12.8 Å². The van der Waals surface area contributed by atoms with Crippen molar-refractivity contribution < 1.29 is 0 Å².